The third kappa shape index (κ3) is 7.19. The van der Waals surface area contributed by atoms with Crippen LogP contribution in [0.1, 0.15) is 15.9 Å². The molecule has 1 heterocycles. The summed E-state index contributed by atoms with van der Waals surface area (Å²) in [4.78, 5) is 25.8. The van der Waals surface area contributed by atoms with Crippen LogP contribution in [0.2, 0.25) is 0 Å². The van der Waals surface area contributed by atoms with Gasteiger partial charge in [-0.1, -0.05) is 30.3 Å². The van der Waals surface area contributed by atoms with Crippen molar-refractivity contribution < 1.29 is 40.7 Å². The lowest BCUT2D eigenvalue weighted by Gasteiger charge is -2.33. The van der Waals surface area contributed by atoms with E-state index in [0.717, 1.165) is 24.3 Å². The van der Waals surface area contributed by atoms with Crippen molar-refractivity contribution in [2.24, 2.45) is 0 Å². The molecular weight excluding hydrogens is 465 g/mol. The number of sulfonamides is 1. The number of piperazine rings is 1. The minimum atomic E-state index is -4.85. The molecule has 1 aliphatic rings. The molecule has 1 saturated heterocycles. The van der Waals surface area contributed by atoms with E-state index in [1.165, 1.54) is 9.21 Å². The van der Waals surface area contributed by atoms with Gasteiger partial charge in [0, 0.05) is 26.2 Å². The number of benzene rings is 2. The second-order valence-corrected chi connectivity index (χ2v) is 9.14. The second-order valence-electron chi connectivity index (χ2n) is 7.17. The Kier molecular flexibility index (Phi) is 7.59. The monoisotopic (exact) mass is 486 g/mol. The Labute approximate surface area is 188 Å². The van der Waals surface area contributed by atoms with Gasteiger partial charge in [0.05, 0.1) is 11.3 Å². The number of nitrogens with zero attached hydrogens (tertiary/aromatic N) is 2. The summed E-state index contributed by atoms with van der Waals surface area (Å²) in [6, 6.07) is 12.9. The summed E-state index contributed by atoms with van der Waals surface area (Å²) in [7, 11) is -3.53. The lowest BCUT2D eigenvalue weighted by atomic mass is 10.2. The fourth-order valence-electron chi connectivity index (χ4n) is 3.19. The fourth-order valence-corrected chi connectivity index (χ4v) is 4.70. The van der Waals surface area contributed by atoms with E-state index in [-0.39, 0.29) is 37.5 Å². The number of halogens is 3. The molecule has 178 valence electrons. The summed E-state index contributed by atoms with van der Waals surface area (Å²) in [5.41, 5.74) is 0.620. The average molecular weight is 486 g/mol. The van der Waals surface area contributed by atoms with E-state index < -0.39 is 40.6 Å². The molecule has 0 atom stereocenters. The molecule has 0 aromatic heterocycles. The van der Waals surface area contributed by atoms with Crippen LogP contribution < -0.4 is 4.74 Å². The third-order valence-corrected chi connectivity index (χ3v) is 6.68. The first-order valence-electron chi connectivity index (χ1n) is 9.86. The van der Waals surface area contributed by atoms with Gasteiger partial charge in [-0.15, -0.1) is 13.2 Å². The van der Waals surface area contributed by atoms with Crippen LogP contribution in [0, 0.1) is 0 Å². The lowest BCUT2D eigenvalue weighted by Crippen LogP contribution is -2.51. The van der Waals surface area contributed by atoms with Crippen LogP contribution in [0.25, 0.3) is 0 Å². The van der Waals surface area contributed by atoms with Crippen LogP contribution in [0.3, 0.4) is 0 Å². The zero-order chi connectivity index (χ0) is 24.1. The minimum absolute atomic E-state index is 0.0471. The molecule has 0 unspecified atom stereocenters. The molecule has 1 aliphatic heterocycles. The van der Waals surface area contributed by atoms with E-state index in [4.69, 9.17) is 4.74 Å². The van der Waals surface area contributed by atoms with Gasteiger partial charge in [-0.25, -0.2) is 13.2 Å². The van der Waals surface area contributed by atoms with Crippen molar-refractivity contribution in [2.45, 2.75) is 12.1 Å². The molecule has 0 radical (unpaired) electrons. The fraction of sp³-hybridized carbons (Fsp3) is 0.333. The number of rotatable bonds is 7. The molecule has 33 heavy (non-hydrogen) atoms. The molecule has 0 bridgehead atoms. The van der Waals surface area contributed by atoms with E-state index in [9.17, 15) is 31.2 Å². The zero-order valence-electron chi connectivity index (χ0n) is 17.3. The van der Waals surface area contributed by atoms with Gasteiger partial charge < -0.3 is 14.4 Å². The molecule has 3 rings (SSSR count). The second kappa shape index (κ2) is 10.2. The Morgan fingerprint density at radius 2 is 1.52 bits per heavy atom. The molecule has 0 spiro atoms. The van der Waals surface area contributed by atoms with Gasteiger partial charge >= 0.3 is 12.3 Å². The number of ether oxygens (including phenoxy) is 2. The highest BCUT2D eigenvalue weighted by molar-refractivity contribution is 7.88. The maximum absolute atomic E-state index is 12.6. The maximum Gasteiger partial charge on any atom is 0.573 e. The molecule has 12 heteroatoms. The van der Waals surface area contributed by atoms with Crippen molar-refractivity contribution in [3.05, 3.63) is 65.7 Å². The molecule has 0 saturated carbocycles. The summed E-state index contributed by atoms with van der Waals surface area (Å²) >= 11 is 0. The van der Waals surface area contributed by atoms with E-state index in [2.05, 4.69) is 4.74 Å². The number of hydrogen-bond donors (Lipinski definition) is 0. The molecule has 8 nitrogen and oxygen atoms in total. The highest BCUT2D eigenvalue weighted by Gasteiger charge is 2.31. The van der Waals surface area contributed by atoms with Crippen molar-refractivity contribution in [2.75, 3.05) is 32.8 Å². The normalized spacial score (nSPS) is 15.2. The van der Waals surface area contributed by atoms with Crippen LogP contribution in [0.15, 0.2) is 54.6 Å². The SMILES string of the molecule is O=C(OCC(=O)N1CCN(S(=O)(=O)Cc2ccccc2)CC1)c1ccc(OC(F)(F)F)cc1. The molecule has 2 aromatic carbocycles. The van der Waals surface area contributed by atoms with Crippen LogP contribution in [-0.4, -0.2) is 68.6 Å². The van der Waals surface area contributed by atoms with Gasteiger partial charge in [0.2, 0.25) is 10.0 Å². The van der Waals surface area contributed by atoms with E-state index in [0.29, 0.717) is 5.56 Å². The highest BCUT2D eigenvalue weighted by atomic mass is 32.2. The molecule has 1 fully saturated rings. The maximum atomic E-state index is 12.6. The van der Waals surface area contributed by atoms with Gasteiger partial charge in [0.15, 0.2) is 6.61 Å². The van der Waals surface area contributed by atoms with Gasteiger partial charge in [0.25, 0.3) is 5.91 Å². The van der Waals surface area contributed by atoms with Gasteiger partial charge in [-0.05, 0) is 29.8 Å². The van der Waals surface area contributed by atoms with Crippen LogP contribution in [0.5, 0.6) is 5.75 Å². The number of hydrogen-bond acceptors (Lipinski definition) is 6. The first kappa shape index (κ1) is 24.5. The summed E-state index contributed by atoms with van der Waals surface area (Å²) < 4.78 is 71.7. The Hall–Kier alpha value is -3.12. The summed E-state index contributed by atoms with van der Waals surface area (Å²) in [5.74, 6) is -2.01. The smallest absolute Gasteiger partial charge is 0.452 e. The van der Waals surface area contributed by atoms with E-state index in [1.54, 1.807) is 30.3 Å². The van der Waals surface area contributed by atoms with E-state index in [1.807, 2.05) is 0 Å². The molecule has 0 aliphatic carbocycles. The standard InChI is InChI=1S/C21H21F3N2O6S/c22-21(23,24)32-18-8-6-17(7-9-18)20(28)31-14-19(27)25-10-12-26(13-11-25)33(29,30)15-16-4-2-1-3-5-16/h1-9H,10-15H2. The Morgan fingerprint density at radius 1 is 0.909 bits per heavy atom. The van der Waals surface area contributed by atoms with Crippen molar-refractivity contribution in [3.8, 4) is 5.75 Å². The number of carbonyl (C=O) groups is 2. The number of amides is 1. The topological polar surface area (TPSA) is 93.2 Å². The van der Waals surface area contributed by atoms with Gasteiger partial charge in [0.1, 0.15) is 5.75 Å². The summed E-state index contributed by atoms with van der Waals surface area (Å²) in [5, 5.41) is 0. The van der Waals surface area contributed by atoms with Crippen LogP contribution in [0.4, 0.5) is 13.2 Å². The van der Waals surface area contributed by atoms with Gasteiger partial charge in [-0.2, -0.15) is 4.31 Å². The zero-order valence-corrected chi connectivity index (χ0v) is 18.1. The first-order chi connectivity index (χ1) is 15.5. The van der Waals surface area contributed by atoms with Gasteiger partial charge in [-0.3, -0.25) is 4.79 Å². The Morgan fingerprint density at radius 3 is 2.09 bits per heavy atom. The molecular formula is C21H21F3N2O6S. The van der Waals surface area contributed by atoms with Crippen molar-refractivity contribution in [1.82, 2.24) is 9.21 Å². The molecule has 1 amide bonds. The summed E-state index contributed by atoms with van der Waals surface area (Å²) in [6.45, 7) is -0.0385. The third-order valence-electron chi connectivity index (χ3n) is 4.83. The molecule has 2 aromatic rings. The quantitative estimate of drug-likeness (QED) is 0.558. The average Bonchev–Trinajstić information content (AvgIpc) is 2.77. The lowest BCUT2D eigenvalue weighted by molar-refractivity contribution is -0.274. The highest BCUT2D eigenvalue weighted by Crippen LogP contribution is 2.23. The van der Waals surface area contributed by atoms with Crippen molar-refractivity contribution >= 4 is 21.9 Å². The van der Waals surface area contributed by atoms with Crippen LogP contribution >= 0.6 is 0 Å². The van der Waals surface area contributed by atoms with Crippen molar-refractivity contribution in [3.63, 3.8) is 0 Å². The first-order valence-corrected chi connectivity index (χ1v) is 11.5. The molecule has 0 N–H and O–H groups in total. The van der Waals surface area contributed by atoms with Crippen LogP contribution in [-0.2, 0) is 25.3 Å². The Bertz CT molecular complexity index is 1070. The van der Waals surface area contributed by atoms with Crippen molar-refractivity contribution in [1.29, 1.82) is 0 Å². The number of alkyl halides is 3. The number of carbonyl (C=O) groups excluding carboxylic acids is 2. The Balaban J connectivity index is 1.46. The largest absolute Gasteiger partial charge is 0.573 e. The predicted octanol–water partition coefficient (Wildman–Crippen LogP) is 2.42. The van der Waals surface area contributed by atoms with E-state index >= 15 is 0 Å². The summed E-state index contributed by atoms with van der Waals surface area (Å²) in [6.07, 6.45) is -4.85. The predicted molar refractivity (Wildman–Crippen MR) is 111 cm³/mol. The number of esters is 1. The minimum Gasteiger partial charge on any atom is -0.452 e.